The summed E-state index contributed by atoms with van der Waals surface area (Å²) in [7, 11) is 0. The van der Waals surface area contributed by atoms with Crippen LogP contribution in [0.4, 0.5) is 18.9 Å². The second kappa shape index (κ2) is 8.52. The van der Waals surface area contributed by atoms with Crippen LogP contribution >= 0.6 is 11.6 Å². The molecule has 2 aromatic rings. The maximum absolute atomic E-state index is 12.7. The Kier molecular flexibility index (Phi) is 5.99. The summed E-state index contributed by atoms with van der Waals surface area (Å²) in [5, 5.41) is 4.06. The van der Waals surface area contributed by atoms with Crippen molar-refractivity contribution >= 4 is 17.3 Å². The molecule has 0 amide bonds. The quantitative estimate of drug-likeness (QED) is 0.723. The number of piperazine rings is 1. The summed E-state index contributed by atoms with van der Waals surface area (Å²) >= 11 is 6.31. The highest BCUT2D eigenvalue weighted by Gasteiger charge is 2.31. The number of ether oxygens (including phenoxy) is 1. The SMILES string of the molecule is O=c1c(Cl)c(N2CCN(CC3CCOC3)CC2)cnn1-c1ccc(C(F)(F)F)cn1. The Morgan fingerprint density at radius 1 is 1.17 bits per heavy atom. The van der Waals surface area contributed by atoms with Crippen LogP contribution in [0.2, 0.25) is 5.02 Å². The molecule has 4 heterocycles. The smallest absolute Gasteiger partial charge is 0.381 e. The van der Waals surface area contributed by atoms with Crippen LogP contribution in [-0.2, 0) is 10.9 Å². The second-order valence-electron chi connectivity index (χ2n) is 7.48. The highest BCUT2D eigenvalue weighted by atomic mass is 35.5. The number of hydrogen-bond acceptors (Lipinski definition) is 6. The van der Waals surface area contributed by atoms with Crippen molar-refractivity contribution in [2.24, 2.45) is 5.92 Å². The van der Waals surface area contributed by atoms with E-state index in [-0.39, 0.29) is 10.8 Å². The second-order valence-corrected chi connectivity index (χ2v) is 7.86. The van der Waals surface area contributed by atoms with Gasteiger partial charge in [-0.05, 0) is 24.5 Å². The summed E-state index contributed by atoms with van der Waals surface area (Å²) in [6.45, 7) is 5.74. The number of aromatic nitrogens is 3. The molecule has 0 N–H and O–H groups in total. The van der Waals surface area contributed by atoms with E-state index in [4.69, 9.17) is 16.3 Å². The third kappa shape index (κ3) is 4.45. The van der Waals surface area contributed by atoms with Crippen molar-refractivity contribution < 1.29 is 17.9 Å². The molecule has 0 saturated carbocycles. The number of nitrogens with zero attached hydrogens (tertiary/aromatic N) is 5. The van der Waals surface area contributed by atoms with E-state index in [1.54, 1.807) is 0 Å². The molecule has 2 aliphatic heterocycles. The maximum atomic E-state index is 12.7. The summed E-state index contributed by atoms with van der Waals surface area (Å²) in [5.41, 5.74) is -0.996. The van der Waals surface area contributed by atoms with Crippen molar-refractivity contribution in [1.82, 2.24) is 19.7 Å². The van der Waals surface area contributed by atoms with Gasteiger partial charge in [0.05, 0.1) is 24.1 Å². The summed E-state index contributed by atoms with van der Waals surface area (Å²) < 4.78 is 44.4. The Bertz CT molecular complexity index is 937. The largest absolute Gasteiger partial charge is 0.417 e. The first-order valence-corrected chi connectivity index (χ1v) is 10.1. The standard InChI is InChI=1S/C19H21ClF3N5O2/c20-17-15(27-6-4-26(5-7-27)11-13-3-8-30-12-13)10-25-28(18(17)29)16-2-1-14(9-24-16)19(21,22)23/h1-2,9-10,13H,3-8,11-12H2. The van der Waals surface area contributed by atoms with Crippen molar-refractivity contribution in [3.8, 4) is 5.82 Å². The molecule has 0 spiro atoms. The van der Waals surface area contributed by atoms with E-state index < -0.39 is 17.3 Å². The molecule has 162 valence electrons. The van der Waals surface area contributed by atoms with Gasteiger partial charge in [-0.1, -0.05) is 11.6 Å². The Morgan fingerprint density at radius 2 is 1.93 bits per heavy atom. The molecule has 2 aromatic heterocycles. The van der Waals surface area contributed by atoms with Crippen LogP contribution in [0, 0.1) is 5.92 Å². The summed E-state index contributed by atoms with van der Waals surface area (Å²) in [6, 6.07) is 1.95. The molecule has 0 bridgehead atoms. The van der Waals surface area contributed by atoms with Gasteiger partial charge in [-0.2, -0.15) is 23.0 Å². The molecule has 2 saturated heterocycles. The van der Waals surface area contributed by atoms with Gasteiger partial charge < -0.3 is 9.64 Å². The third-order valence-electron chi connectivity index (χ3n) is 5.45. The zero-order valence-electron chi connectivity index (χ0n) is 16.1. The van der Waals surface area contributed by atoms with Gasteiger partial charge in [-0.25, -0.2) is 4.98 Å². The van der Waals surface area contributed by atoms with Gasteiger partial charge in [0.2, 0.25) is 0 Å². The van der Waals surface area contributed by atoms with E-state index in [0.29, 0.717) is 30.9 Å². The molecule has 0 aliphatic carbocycles. The van der Waals surface area contributed by atoms with E-state index in [2.05, 4.69) is 15.0 Å². The molecule has 2 aliphatic rings. The molecule has 11 heteroatoms. The zero-order chi connectivity index (χ0) is 21.3. The molecule has 1 unspecified atom stereocenters. The van der Waals surface area contributed by atoms with Crippen molar-refractivity contribution in [2.75, 3.05) is 50.8 Å². The van der Waals surface area contributed by atoms with Gasteiger partial charge in [0.15, 0.2) is 5.82 Å². The first-order chi connectivity index (χ1) is 14.3. The number of anilines is 1. The lowest BCUT2D eigenvalue weighted by Gasteiger charge is -2.37. The molecule has 0 radical (unpaired) electrons. The lowest BCUT2D eigenvalue weighted by Crippen LogP contribution is -2.48. The van der Waals surface area contributed by atoms with E-state index >= 15 is 0 Å². The van der Waals surface area contributed by atoms with Crippen LogP contribution in [0.3, 0.4) is 0 Å². The van der Waals surface area contributed by atoms with E-state index in [9.17, 15) is 18.0 Å². The lowest BCUT2D eigenvalue weighted by atomic mass is 10.1. The Balaban J connectivity index is 1.46. The number of halogens is 4. The first-order valence-electron chi connectivity index (χ1n) is 9.69. The Hall–Kier alpha value is -2.17. The molecule has 0 aromatic carbocycles. The number of pyridine rings is 1. The van der Waals surface area contributed by atoms with Crippen LogP contribution in [0.1, 0.15) is 12.0 Å². The molecule has 7 nitrogen and oxygen atoms in total. The third-order valence-corrected chi connectivity index (χ3v) is 5.80. The molecular weight excluding hydrogens is 423 g/mol. The molecule has 4 rings (SSSR count). The van der Waals surface area contributed by atoms with Crippen LogP contribution in [-0.4, -0.2) is 65.6 Å². The molecule has 30 heavy (non-hydrogen) atoms. The maximum Gasteiger partial charge on any atom is 0.417 e. The summed E-state index contributed by atoms with van der Waals surface area (Å²) in [6.07, 6.45) is -1.28. The van der Waals surface area contributed by atoms with Gasteiger partial charge in [-0.3, -0.25) is 9.69 Å². The van der Waals surface area contributed by atoms with Crippen LogP contribution in [0.25, 0.3) is 5.82 Å². The number of rotatable bonds is 4. The molecule has 1 atom stereocenters. The van der Waals surface area contributed by atoms with E-state index in [0.717, 1.165) is 56.1 Å². The fourth-order valence-electron chi connectivity index (χ4n) is 3.75. The van der Waals surface area contributed by atoms with Crippen LogP contribution < -0.4 is 10.5 Å². The molecule has 2 fully saturated rings. The number of hydrogen-bond donors (Lipinski definition) is 0. The van der Waals surface area contributed by atoms with Gasteiger partial charge >= 0.3 is 6.18 Å². The minimum Gasteiger partial charge on any atom is -0.381 e. The normalized spacial score (nSPS) is 20.7. The van der Waals surface area contributed by atoms with Crippen molar-refractivity contribution in [3.05, 3.63) is 45.5 Å². The van der Waals surface area contributed by atoms with Crippen LogP contribution in [0.15, 0.2) is 29.3 Å². The highest BCUT2D eigenvalue weighted by Crippen LogP contribution is 2.29. The van der Waals surface area contributed by atoms with Gasteiger partial charge in [0.25, 0.3) is 5.56 Å². The van der Waals surface area contributed by atoms with Gasteiger partial charge in [0.1, 0.15) is 5.02 Å². The Labute approximate surface area is 176 Å². The van der Waals surface area contributed by atoms with Crippen molar-refractivity contribution in [2.45, 2.75) is 12.6 Å². The monoisotopic (exact) mass is 443 g/mol. The average molecular weight is 444 g/mol. The van der Waals surface area contributed by atoms with Gasteiger partial charge in [-0.15, -0.1) is 0 Å². The minimum atomic E-state index is -4.50. The van der Waals surface area contributed by atoms with Crippen molar-refractivity contribution in [3.63, 3.8) is 0 Å². The van der Waals surface area contributed by atoms with E-state index in [1.807, 2.05) is 4.90 Å². The lowest BCUT2D eigenvalue weighted by molar-refractivity contribution is -0.137. The fourth-order valence-corrected chi connectivity index (χ4v) is 4.00. The zero-order valence-corrected chi connectivity index (χ0v) is 16.9. The fraction of sp³-hybridized carbons (Fsp3) is 0.526. The number of alkyl halides is 3. The van der Waals surface area contributed by atoms with Gasteiger partial charge in [0, 0.05) is 45.5 Å². The minimum absolute atomic E-state index is 0.0231. The topological polar surface area (TPSA) is 63.5 Å². The predicted octanol–water partition coefficient (Wildman–Crippen LogP) is 2.46. The predicted molar refractivity (Wildman–Crippen MR) is 105 cm³/mol. The van der Waals surface area contributed by atoms with Crippen LogP contribution in [0.5, 0.6) is 0 Å². The molecular formula is C19H21ClF3N5O2. The van der Waals surface area contributed by atoms with E-state index in [1.165, 1.54) is 6.20 Å². The highest BCUT2D eigenvalue weighted by molar-refractivity contribution is 6.33. The first kappa shape index (κ1) is 21.1. The average Bonchev–Trinajstić information content (AvgIpc) is 3.23. The summed E-state index contributed by atoms with van der Waals surface area (Å²) in [5.74, 6) is 0.548. The van der Waals surface area contributed by atoms with Crippen molar-refractivity contribution in [1.29, 1.82) is 0 Å². The Morgan fingerprint density at radius 3 is 2.53 bits per heavy atom. The summed E-state index contributed by atoms with van der Waals surface area (Å²) in [4.78, 5) is 20.8.